The Hall–Kier alpha value is -4.72. The van der Waals surface area contributed by atoms with Crippen molar-refractivity contribution in [3.8, 4) is 22.8 Å². The molecule has 1 amide bonds. The summed E-state index contributed by atoms with van der Waals surface area (Å²) < 4.78 is 7.22. The van der Waals surface area contributed by atoms with Gasteiger partial charge in [0.15, 0.2) is 22.8 Å². The fourth-order valence-electron chi connectivity index (χ4n) is 3.61. The largest absolute Gasteiger partial charge is 0.497 e. The zero-order valence-corrected chi connectivity index (χ0v) is 18.7. The van der Waals surface area contributed by atoms with Crippen LogP contribution in [-0.4, -0.2) is 32.5 Å². The molecule has 0 spiro atoms. The molecule has 0 saturated carbocycles. The van der Waals surface area contributed by atoms with E-state index < -0.39 is 0 Å². The summed E-state index contributed by atoms with van der Waals surface area (Å²) in [4.78, 5) is 25.6. The number of amides is 1. The number of carbonyl (C=O) groups excluding carboxylic acids is 1. The lowest BCUT2D eigenvalue weighted by Gasteiger charge is -2.11. The first-order chi connectivity index (χ1) is 16.6. The third-order valence-corrected chi connectivity index (χ3v) is 5.25. The molecule has 0 aliphatic rings. The second kappa shape index (κ2) is 9.03. The highest BCUT2D eigenvalue weighted by Gasteiger charge is 2.16. The summed E-state index contributed by atoms with van der Waals surface area (Å²) >= 11 is 0. The molecule has 0 aliphatic carbocycles. The summed E-state index contributed by atoms with van der Waals surface area (Å²) in [5.41, 5.74) is 4.67. The summed E-state index contributed by atoms with van der Waals surface area (Å²) in [6.45, 7) is 1.48. The Morgan fingerprint density at radius 1 is 0.882 bits per heavy atom. The summed E-state index contributed by atoms with van der Waals surface area (Å²) in [5.74, 6) is 1.79. The molecule has 0 saturated heterocycles. The second-order valence-corrected chi connectivity index (χ2v) is 7.63. The number of imidazole rings is 1. The van der Waals surface area contributed by atoms with Crippen LogP contribution in [0, 0.1) is 0 Å². The van der Waals surface area contributed by atoms with Crippen molar-refractivity contribution < 1.29 is 9.53 Å². The summed E-state index contributed by atoms with van der Waals surface area (Å²) in [6, 6.07) is 24.9. The molecule has 0 atom stereocenters. The predicted octanol–water partition coefficient (Wildman–Crippen LogP) is 5.19. The standard InChI is InChI=1S/C26H22N6O2/c1-17(33)28-19-10-12-20(13-11-19)29-25-23-26(32(16-27-23)21-6-4-3-5-7-21)31-24(30-25)18-8-14-22(34-2)15-9-18/h3-16H,1-2H3,(H,28,33)(H,29,30,31). The predicted molar refractivity (Wildman–Crippen MR) is 133 cm³/mol. The number of hydrogen-bond acceptors (Lipinski definition) is 6. The molecule has 0 radical (unpaired) electrons. The van der Waals surface area contributed by atoms with Gasteiger partial charge >= 0.3 is 0 Å². The molecule has 8 nitrogen and oxygen atoms in total. The molecule has 2 N–H and O–H groups in total. The lowest BCUT2D eigenvalue weighted by atomic mass is 10.2. The molecule has 0 bridgehead atoms. The van der Waals surface area contributed by atoms with Gasteiger partial charge in [-0.3, -0.25) is 9.36 Å². The van der Waals surface area contributed by atoms with Gasteiger partial charge in [0.25, 0.3) is 0 Å². The smallest absolute Gasteiger partial charge is 0.221 e. The Morgan fingerprint density at radius 3 is 2.26 bits per heavy atom. The minimum atomic E-state index is -0.117. The van der Waals surface area contributed by atoms with E-state index in [0.29, 0.717) is 22.8 Å². The van der Waals surface area contributed by atoms with Crippen LogP contribution in [0.4, 0.5) is 17.2 Å². The Balaban J connectivity index is 1.60. The minimum absolute atomic E-state index is 0.117. The normalized spacial score (nSPS) is 10.8. The van der Waals surface area contributed by atoms with Gasteiger partial charge in [-0.2, -0.15) is 0 Å². The average Bonchev–Trinajstić information content (AvgIpc) is 3.30. The summed E-state index contributed by atoms with van der Waals surface area (Å²) in [5, 5.41) is 6.13. The molecule has 5 aromatic rings. The van der Waals surface area contributed by atoms with Crippen molar-refractivity contribution in [2.75, 3.05) is 17.7 Å². The van der Waals surface area contributed by atoms with E-state index in [0.717, 1.165) is 28.4 Å². The van der Waals surface area contributed by atoms with Crippen LogP contribution in [0.5, 0.6) is 5.75 Å². The van der Waals surface area contributed by atoms with Crippen LogP contribution in [0.2, 0.25) is 0 Å². The number of ether oxygens (including phenoxy) is 1. The topological polar surface area (TPSA) is 94.0 Å². The lowest BCUT2D eigenvalue weighted by Crippen LogP contribution is -2.05. The van der Waals surface area contributed by atoms with Gasteiger partial charge in [0.1, 0.15) is 12.1 Å². The Kier molecular flexibility index (Phi) is 5.61. The molecule has 0 unspecified atom stereocenters. The first-order valence-electron chi connectivity index (χ1n) is 10.7. The average molecular weight is 451 g/mol. The minimum Gasteiger partial charge on any atom is -0.497 e. The number of para-hydroxylation sites is 1. The van der Waals surface area contributed by atoms with Gasteiger partial charge in [-0.15, -0.1) is 0 Å². The van der Waals surface area contributed by atoms with Gasteiger partial charge in [0, 0.05) is 29.5 Å². The van der Waals surface area contributed by atoms with Crippen LogP contribution in [0.1, 0.15) is 6.92 Å². The van der Waals surface area contributed by atoms with E-state index in [4.69, 9.17) is 14.7 Å². The number of nitrogens with one attached hydrogen (secondary N) is 2. The summed E-state index contributed by atoms with van der Waals surface area (Å²) in [6.07, 6.45) is 1.75. The number of hydrogen-bond donors (Lipinski definition) is 2. The molecule has 3 aromatic carbocycles. The molecule has 168 valence electrons. The van der Waals surface area contributed by atoms with E-state index in [1.165, 1.54) is 6.92 Å². The Morgan fingerprint density at radius 2 is 1.59 bits per heavy atom. The number of anilines is 3. The van der Waals surface area contributed by atoms with Crippen LogP contribution < -0.4 is 15.4 Å². The molecular formula is C26H22N6O2. The fraction of sp³-hybridized carbons (Fsp3) is 0.0769. The molecular weight excluding hydrogens is 428 g/mol. The van der Waals surface area contributed by atoms with Crippen molar-refractivity contribution in [1.82, 2.24) is 19.5 Å². The van der Waals surface area contributed by atoms with Gasteiger partial charge in [0.2, 0.25) is 5.91 Å². The quantitative estimate of drug-likeness (QED) is 0.370. The number of benzene rings is 3. The first kappa shape index (κ1) is 21.1. The van der Waals surface area contributed by atoms with Crippen molar-refractivity contribution in [3.63, 3.8) is 0 Å². The maximum atomic E-state index is 11.3. The fourth-order valence-corrected chi connectivity index (χ4v) is 3.61. The van der Waals surface area contributed by atoms with Gasteiger partial charge in [0.05, 0.1) is 7.11 Å². The molecule has 2 heterocycles. The molecule has 5 rings (SSSR count). The van der Waals surface area contributed by atoms with E-state index >= 15 is 0 Å². The number of nitrogens with zero attached hydrogens (tertiary/aromatic N) is 4. The van der Waals surface area contributed by atoms with E-state index in [1.54, 1.807) is 13.4 Å². The van der Waals surface area contributed by atoms with Crippen LogP contribution in [0.3, 0.4) is 0 Å². The zero-order chi connectivity index (χ0) is 23.5. The molecule has 2 aromatic heterocycles. The third kappa shape index (κ3) is 4.29. The second-order valence-electron chi connectivity index (χ2n) is 7.63. The Labute approximate surface area is 196 Å². The van der Waals surface area contributed by atoms with Crippen LogP contribution in [-0.2, 0) is 4.79 Å². The van der Waals surface area contributed by atoms with E-state index in [2.05, 4.69) is 15.6 Å². The third-order valence-electron chi connectivity index (χ3n) is 5.25. The van der Waals surface area contributed by atoms with Crippen LogP contribution in [0.25, 0.3) is 28.2 Å². The highest BCUT2D eigenvalue weighted by Crippen LogP contribution is 2.29. The van der Waals surface area contributed by atoms with Crippen LogP contribution >= 0.6 is 0 Å². The molecule has 34 heavy (non-hydrogen) atoms. The maximum absolute atomic E-state index is 11.3. The SMILES string of the molecule is COc1ccc(-c2nc(Nc3ccc(NC(C)=O)cc3)c3ncn(-c4ccccc4)c3n2)cc1. The first-order valence-corrected chi connectivity index (χ1v) is 10.7. The van der Waals surface area contributed by atoms with Crippen molar-refractivity contribution >= 4 is 34.3 Å². The van der Waals surface area contributed by atoms with Crippen molar-refractivity contribution in [2.45, 2.75) is 6.92 Å². The van der Waals surface area contributed by atoms with Crippen molar-refractivity contribution in [2.24, 2.45) is 0 Å². The number of methoxy groups -OCH3 is 1. The van der Waals surface area contributed by atoms with Crippen LogP contribution in [0.15, 0.2) is 85.2 Å². The highest BCUT2D eigenvalue weighted by molar-refractivity contribution is 5.90. The number of aromatic nitrogens is 4. The molecule has 8 heteroatoms. The van der Waals surface area contributed by atoms with Gasteiger partial charge in [-0.25, -0.2) is 15.0 Å². The summed E-state index contributed by atoms with van der Waals surface area (Å²) in [7, 11) is 1.63. The Bertz CT molecular complexity index is 1450. The number of carbonyl (C=O) groups is 1. The number of fused-ring (bicyclic) bond motifs is 1. The number of rotatable bonds is 6. The van der Waals surface area contributed by atoms with Gasteiger partial charge in [-0.1, -0.05) is 18.2 Å². The van der Waals surface area contributed by atoms with E-state index in [9.17, 15) is 4.79 Å². The van der Waals surface area contributed by atoms with Gasteiger partial charge < -0.3 is 15.4 Å². The van der Waals surface area contributed by atoms with Gasteiger partial charge in [-0.05, 0) is 60.7 Å². The zero-order valence-electron chi connectivity index (χ0n) is 18.7. The molecule has 0 fully saturated rings. The van der Waals surface area contributed by atoms with E-state index in [-0.39, 0.29) is 5.91 Å². The van der Waals surface area contributed by atoms with E-state index in [1.807, 2.05) is 83.4 Å². The monoisotopic (exact) mass is 450 g/mol. The van der Waals surface area contributed by atoms with Crippen molar-refractivity contribution in [1.29, 1.82) is 0 Å². The molecule has 0 aliphatic heterocycles. The highest BCUT2D eigenvalue weighted by atomic mass is 16.5. The lowest BCUT2D eigenvalue weighted by molar-refractivity contribution is -0.114. The van der Waals surface area contributed by atoms with Crippen molar-refractivity contribution in [3.05, 3.63) is 85.2 Å². The maximum Gasteiger partial charge on any atom is 0.221 e.